The summed E-state index contributed by atoms with van der Waals surface area (Å²) in [6, 6.07) is 19.5. The van der Waals surface area contributed by atoms with E-state index in [9.17, 15) is 4.79 Å². The van der Waals surface area contributed by atoms with Crippen molar-refractivity contribution in [3.8, 4) is 0 Å². The molecule has 2 atom stereocenters. The number of ketones is 1. The maximum atomic E-state index is 9.81. The highest BCUT2D eigenvalue weighted by atomic mass is 16.1. The second-order valence-electron chi connectivity index (χ2n) is 9.59. The van der Waals surface area contributed by atoms with Gasteiger partial charge in [-0.25, -0.2) is 0 Å². The number of carbonyl (C=O) groups is 1. The normalized spacial score (nSPS) is 11.9. The van der Waals surface area contributed by atoms with Crippen LogP contribution in [0.1, 0.15) is 122 Å². The van der Waals surface area contributed by atoms with E-state index in [1.165, 1.54) is 62.5 Å². The molecule has 0 bridgehead atoms. The summed E-state index contributed by atoms with van der Waals surface area (Å²) in [5.74, 6) is 2.00. The fraction of sp³-hybridized carbons (Fsp3) is 0.545. The summed E-state index contributed by atoms with van der Waals surface area (Å²) in [5.41, 5.74) is 5.20. The highest BCUT2D eigenvalue weighted by Gasteiger charge is 2.12. The van der Waals surface area contributed by atoms with Crippen molar-refractivity contribution in [2.24, 2.45) is 5.92 Å². The van der Waals surface area contributed by atoms with Gasteiger partial charge in [0.2, 0.25) is 0 Å². The number of hydrogen-bond donors (Lipinski definition) is 0. The number of benzene rings is 2. The molecule has 2 aromatic rings. The molecule has 0 fully saturated rings. The Hall–Kier alpha value is -2.15. The standard InChI is InChI=1S/C19H32.C10H12.C4H8O/c1-4-11-17(6-3)13-10-16-18(12-5-2)19-14-8-7-9-15-19;1-8(2)10-6-4-9(3)5-7-10;1-3-4(2)5/h7-9,14-15,17-18H,4-6,10-13,16H2,1-3H3;4-7H,1H2,2-3H3;3H2,1-2H3. The summed E-state index contributed by atoms with van der Waals surface area (Å²) in [6.07, 6.45) is 11.6. The molecule has 0 aliphatic rings. The van der Waals surface area contributed by atoms with Gasteiger partial charge in [-0.2, -0.15) is 0 Å². The van der Waals surface area contributed by atoms with Crippen LogP contribution in [0, 0.1) is 12.8 Å². The third-order valence-electron chi connectivity index (χ3n) is 6.39. The van der Waals surface area contributed by atoms with Crippen LogP contribution in [0.3, 0.4) is 0 Å². The lowest BCUT2D eigenvalue weighted by atomic mass is 9.87. The first-order chi connectivity index (χ1) is 16.3. The molecule has 0 amide bonds. The monoisotopic (exact) mass is 464 g/mol. The van der Waals surface area contributed by atoms with Crippen LogP contribution in [0.25, 0.3) is 5.57 Å². The first-order valence-corrected chi connectivity index (χ1v) is 13.6. The number of hydrogen-bond acceptors (Lipinski definition) is 1. The molecule has 0 heterocycles. The molecule has 190 valence electrons. The van der Waals surface area contributed by atoms with Gasteiger partial charge in [-0.15, -0.1) is 0 Å². The summed E-state index contributed by atoms with van der Waals surface area (Å²) >= 11 is 0. The molecule has 0 aliphatic carbocycles. The van der Waals surface area contributed by atoms with Gasteiger partial charge in [-0.05, 0) is 56.6 Å². The van der Waals surface area contributed by atoms with Crippen molar-refractivity contribution >= 4 is 11.4 Å². The highest BCUT2D eigenvalue weighted by Crippen LogP contribution is 2.28. The van der Waals surface area contributed by atoms with Crippen LogP contribution in [0.5, 0.6) is 0 Å². The van der Waals surface area contributed by atoms with Gasteiger partial charge in [0.05, 0.1) is 0 Å². The van der Waals surface area contributed by atoms with Gasteiger partial charge in [0.1, 0.15) is 5.78 Å². The first-order valence-electron chi connectivity index (χ1n) is 13.6. The fourth-order valence-corrected chi connectivity index (χ4v) is 4.00. The number of rotatable bonds is 12. The highest BCUT2D eigenvalue weighted by molar-refractivity contribution is 5.74. The lowest BCUT2D eigenvalue weighted by molar-refractivity contribution is -0.116. The Morgan fingerprint density at radius 1 is 0.794 bits per heavy atom. The van der Waals surface area contributed by atoms with E-state index in [1.807, 2.05) is 13.8 Å². The maximum Gasteiger partial charge on any atom is 0.129 e. The van der Waals surface area contributed by atoms with Crippen molar-refractivity contribution in [2.45, 2.75) is 112 Å². The third kappa shape index (κ3) is 15.6. The van der Waals surface area contributed by atoms with E-state index in [0.717, 1.165) is 17.4 Å². The molecule has 2 unspecified atom stereocenters. The molecule has 0 spiro atoms. The van der Waals surface area contributed by atoms with Crippen LogP contribution in [0.2, 0.25) is 0 Å². The van der Waals surface area contributed by atoms with Crippen molar-refractivity contribution in [1.29, 1.82) is 0 Å². The second kappa shape index (κ2) is 20.2. The van der Waals surface area contributed by atoms with Crippen molar-refractivity contribution in [3.05, 3.63) is 77.9 Å². The molecule has 1 nitrogen and oxygen atoms in total. The minimum absolute atomic E-state index is 0.255. The molecule has 2 aromatic carbocycles. The number of carbonyl (C=O) groups excluding carboxylic acids is 1. The average Bonchev–Trinajstić information content (AvgIpc) is 2.84. The summed E-state index contributed by atoms with van der Waals surface area (Å²) in [7, 11) is 0. The molecular formula is C33H52O. The minimum atomic E-state index is 0.255. The van der Waals surface area contributed by atoms with Crippen LogP contribution in [-0.4, -0.2) is 5.78 Å². The number of aryl methyl sites for hydroxylation is 1. The molecular weight excluding hydrogens is 412 g/mol. The smallest absolute Gasteiger partial charge is 0.129 e. The molecule has 0 aliphatic heterocycles. The molecule has 0 radical (unpaired) electrons. The zero-order valence-corrected chi connectivity index (χ0v) is 23.3. The van der Waals surface area contributed by atoms with Crippen molar-refractivity contribution < 1.29 is 4.79 Å². The number of Topliss-reactive ketones (excluding diaryl/α,β-unsaturated/α-hetero) is 1. The summed E-state index contributed by atoms with van der Waals surface area (Å²) in [6.45, 7) is 18.4. The van der Waals surface area contributed by atoms with Gasteiger partial charge in [0, 0.05) is 6.42 Å². The van der Waals surface area contributed by atoms with Gasteiger partial charge in [0.15, 0.2) is 0 Å². The maximum absolute atomic E-state index is 9.81. The van der Waals surface area contributed by atoms with E-state index in [1.54, 1.807) is 12.5 Å². The Morgan fingerprint density at radius 2 is 1.35 bits per heavy atom. The Bertz CT molecular complexity index is 757. The van der Waals surface area contributed by atoms with Crippen LogP contribution < -0.4 is 0 Å². The molecule has 2 rings (SSSR count). The van der Waals surface area contributed by atoms with E-state index >= 15 is 0 Å². The van der Waals surface area contributed by atoms with E-state index in [-0.39, 0.29) is 5.78 Å². The van der Waals surface area contributed by atoms with E-state index in [0.29, 0.717) is 6.42 Å². The molecule has 0 saturated heterocycles. The topological polar surface area (TPSA) is 17.1 Å². The van der Waals surface area contributed by atoms with Crippen LogP contribution >= 0.6 is 0 Å². The van der Waals surface area contributed by atoms with Crippen molar-refractivity contribution in [1.82, 2.24) is 0 Å². The summed E-state index contributed by atoms with van der Waals surface area (Å²) < 4.78 is 0. The third-order valence-corrected chi connectivity index (χ3v) is 6.39. The van der Waals surface area contributed by atoms with E-state index in [4.69, 9.17) is 0 Å². The molecule has 1 heteroatoms. The number of allylic oxidation sites excluding steroid dienone is 1. The Morgan fingerprint density at radius 3 is 1.79 bits per heavy atom. The fourth-order valence-electron chi connectivity index (χ4n) is 4.00. The first kappa shape index (κ1) is 31.9. The van der Waals surface area contributed by atoms with Crippen LogP contribution in [0.4, 0.5) is 0 Å². The van der Waals surface area contributed by atoms with Crippen LogP contribution in [0.15, 0.2) is 61.2 Å². The molecule has 0 N–H and O–H groups in total. The Labute approximate surface area is 212 Å². The zero-order chi connectivity index (χ0) is 25.8. The van der Waals surface area contributed by atoms with Gasteiger partial charge in [0.25, 0.3) is 0 Å². The Kier molecular flexibility index (Phi) is 19.0. The van der Waals surface area contributed by atoms with E-state index in [2.05, 4.69) is 88.9 Å². The van der Waals surface area contributed by atoms with Gasteiger partial charge < -0.3 is 4.79 Å². The predicted molar refractivity (Wildman–Crippen MR) is 153 cm³/mol. The molecule has 34 heavy (non-hydrogen) atoms. The quantitative estimate of drug-likeness (QED) is 0.305. The zero-order valence-electron chi connectivity index (χ0n) is 23.3. The van der Waals surface area contributed by atoms with Gasteiger partial charge in [-0.1, -0.05) is 139 Å². The van der Waals surface area contributed by atoms with Crippen LogP contribution in [-0.2, 0) is 4.79 Å². The minimum Gasteiger partial charge on any atom is -0.300 e. The van der Waals surface area contributed by atoms with Gasteiger partial charge >= 0.3 is 0 Å². The van der Waals surface area contributed by atoms with Crippen molar-refractivity contribution in [2.75, 3.05) is 0 Å². The second-order valence-corrected chi connectivity index (χ2v) is 9.59. The SMILES string of the molecule is C=C(C)c1ccc(C)cc1.CCC(C)=O.CCCC(CC)CCCC(CCC)c1ccccc1. The molecule has 0 aromatic heterocycles. The average molecular weight is 465 g/mol. The van der Waals surface area contributed by atoms with Crippen molar-refractivity contribution in [3.63, 3.8) is 0 Å². The molecule has 0 saturated carbocycles. The van der Waals surface area contributed by atoms with E-state index < -0.39 is 0 Å². The largest absolute Gasteiger partial charge is 0.300 e. The predicted octanol–water partition coefficient (Wildman–Crippen LogP) is 10.6. The lowest BCUT2D eigenvalue weighted by Crippen LogP contribution is -2.02. The summed E-state index contributed by atoms with van der Waals surface area (Å²) in [4.78, 5) is 9.81. The van der Waals surface area contributed by atoms with Gasteiger partial charge in [-0.3, -0.25) is 0 Å². The lowest BCUT2D eigenvalue weighted by Gasteiger charge is -2.19. The Balaban J connectivity index is 0.000000601. The summed E-state index contributed by atoms with van der Waals surface area (Å²) in [5, 5.41) is 0.